The molecule has 39 heteroatoms. The Balaban J connectivity index is 1.30. The second-order valence-electron chi connectivity index (χ2n) is 27.6. The van der Waals surface area contributed by atoms with Crippen molar-refractivity contribution in [3.05, 3.63) is 120 Å². The number of amides is 12. The number of aliphatic carboxylic acids is 1. The first-order chi connectivity index (χ1) is 54.9. The highest BCUT2D eigenvalue weighted by molar-refractivity contribution is 7.99. The summed E-state index contributed by atoms with van der Waals surface area (Å²) >= 11 is 1.22. The van der Waals surface area contributed by atoms with Gasteiger partial charge in [-0.1, -0.05) is 74.1 Å². The summed E-state index contributed by atoms with van der Waals surface area (Å²) in [5.41, 5.74) is 31.4. The number of aliphatic hydroxyl groups excluding tert-OH is 2. The van der Waals surface area contributed by atoms with Crippen molar-refractivity contribution in [3.63, 3.8) is 0 Å². The highest BCUT2D eigenvalue weighted by Gasteiger charge is 2.38. The number of hydrogen-bond acceptors (Lipinski definition) is 25. The van der Waals surface area contributed by atoms with E-state index in [-0.39, 0.29) is 88.5 Å². The van der Waals surface area contributed by atoms with E-state index in [1.165, 1.54) is 25.7 Å². The molecule has 0 saturated carbocycles. The van der Waals surface area contributed by atoms with Crippen LogP contribution in [-0.2, 0) is 68.7 Å². The number of fused-ring (bicyclic) bond motifs is 1. The number of carbonyl (C=O) groups is 14. The molecule has 115 heavy (non-hydrogen) atoms. The maximum absolute atomic E-state index is 15.1. The number of pyridine rings is 1. The van der Waals surface area contributed by atoms with E-state index in [1.807, 2.05) is 0 Å². The number of nitrogens with zero attached hydrogens (tertiary/aromatic N) is 4. The number of ether oxygens (including phenoxy) is 1. The molecule has 1 aliphatic heterocycles. The number of aliphatic hydroxyl groups is 2. The van der Waals surface area contributed by atoms with E-state index in [0.717, 1.165) is 16.5 Å². The summed E-state index contributed by atoms with van der Waals surface area (Å²) in [4.78, 5) is 203. The monoisotopic (exact) mass is 1620 g/mol. The minimum absolute atomic E-state index is 0.00699. The molecule has 624 valence electrons. The zero-order valence-electron chi connectivity index (χ0n) is 64.7. The van der Waals surface area contributed by atoms with Crippen LogP contribution in [0.4, 0.5) is 4.79 Å². The number of aromatic nitrogens is 3. The molecule has 3 heterocycles. The SMILES string of the molecule is CNC(=O)c1ccccc1Sc1ccc2c(/C=C/c3ccccn3)nn(C(=O)N(CCOC(=O)CC[C@H](N)C(=O)O)CCC(=O)N[C@H](C(=O)N[C@@H](CCN)C(=O)N[C@H]3CCNC(=O)[C@H]([C@@H](C)O)NC(=O)[C@H](CCN)NC(=O)[C@H](CCN)NC(=O)[C@H](CC(C)C)NC(=O)[C@@H](Cc4ccccc4)NC(=O)[C@H](CCN)NC3=O)[C@@H](C)O)c2c1. The second kappa shape index (κ2) is 46.7. The van der Waals surface area contributed by atoms with Crippen molar-refractivity contribution in [1.82, 2.24) is 78.1 Å². The smallest absolute Gasteiger partial charge is 0.345 e. The van der Waals surface area contributed by atoms with Crippen LogP contribution < -0.4 is 87.2 Å². The average molecular weight is 1620 g/mol. The molecular formula is C76H106N20O18S. The van der Waals surface area contributed by atoms with E-state index in [2.05, 4.69) is 63.5 Å². The largest absolute Gasteiger partial charge is 0.480 e. The summed E-state index contributed by atoms with van der Waals surface area (Å²) < 4.78 is 6.47. The predicted molar refractivity (Wildman–Crippen MR) is 422 cm³/mol. The molecule has 1 saturated heterocycles. The van der Waals surface area contributed by atoms with E-state index in [1.54, 1.807) is 123 Å². The summed E-state index contributed by atoms with van der Waals surface area (Å²) in [7, 11) is 1.49. The van der Waals surface area contributed by atoms with Gasteiger partial charge >= 0.3 is 18.0 Å². The number of nitrogens with two attached hydrogens (primary N) is 5. The third kappa shape index (κ3) is 28.9. The lowest BCUT2D eigenvalue weighted by atomic mass is 10.00. The Kier molecular flexibility index (Phi) is 37.6. The van der Waals surface area contributed by atoms with Crippen molar-refractivity contribution < 1.29 is 87.2 Å². The van der Waals surface area contributed by atoms with Gasteiger partial charge in [-0.05, 0) is 151 Å². The summed E-state index contributed by atoms with van der Waals surface area (Å²) in [5.74, 6) is -12.8. The summed E-state index contributed by atoms with van der Waals surface area (Å²) in [5, 5.41) is 64.6. The number of carboxylic acids is 1. The van der Waals surface area contributed by atoms with Crippen LogP contribution >= 0.6 is 11.8 Å². The lowest BCUT2D eigenvalue weighted by Gasteiger charge is -2.28. The van der Waals surface area contributed by atoms with Crippen LogP contribution in [-0.4, -0.2) is 250 Å². The van der Waals surface area contributed by atoms with Crippen molar-refractivity contribution in [2.24, 2.45) is 34.6 Å². The van der Waals surface area contributed by atoms with Gasteiger partial charge in [0.05, 0.1) is 41.2 Å². The molecule has 3 aromatic carbocycles. The van der Waals surface area contributed by atoms with Crippen LogP contribution in [0.1, 0.15) is 113 Å². The van der Waals surface area contributed by atoms with Gasteiger partial charge in [0.1, 0.15) is 67.0 Å². The maximum Gasteiger partial charge on any atom is 0.345 e. The summed E-state index contributed by atoms with van der Waals surface area (Å²) in [6.07, 6.45) is -1.53. The molecule has 6 rings (SSSR count). The Morgan fingerprint density at radius 3 is 1.87 bits per heavy atom. The highest BCUT2D eigenvalue weighted by atomic mass is 32.2. The number of esters is 1. The summed E-state index contributed by atoms with van der Waals surface area (Å²) in [6, 6.07) is 9.10. The molecule has 0 unspecified atom stereocenters. The van der Waals surface area contributed by atoms with Gasteiger partial charge < -0.3 is 112 Å². The number of nitrogens with one attached hydrogen (secondary N) is 11. The van der Waals surface area contributed by atoms with E-state index in [0.29, 0.717) is 37.7 Å². The zero-order chi connectivity index (χ0) is 84.4. The zero-order valence-corrected chi connectivity index (χ0v) is 65.5. The topological polar surface area (TPSA) is 605 Å². The Morgan fingerprint density at radius 2 is 1.27 bits per heavy atom. The standard InChI is InChI=1S/C76H106N20O18S/c1-42(2)39-57-71(107)87-52(24-30-77)66(102)86-55(27-33-80)70(106)93-63(43(3)97)73(109)84-35-28-56(69(105)85-53(25-31-78)68(104)91-58(72(108)90-57)40-45-13-7-6-8-14-45)88-67(103)54(26-32-79)89-74(110)64(44(4)98)92-61(99)29-36-95(37-38-114-62(100)23-21-50(81)75(111)112)76(113)96-59-41-47(115-60-17-10-9-16-49(60)65(101)82-5)19-20-48(59)51(94-96)22-18-46-15-11-12-34-83-46/h6-20,22,34,41-44,50,52-58,63-64,97-98H,21,23-33,35-40,77-81H2,1-5H3,(H,82,101)(H,84,109)(H,85,105)(H,86,102)(H,87,107)(H,88,103)(H,89,110)(H,90,108)(H,91,104)(H,92,99)(H,93,106)(H,111,112)/b22-18+/t43-,44-,50+,52+,53+,54+,55+,56+,57+,58-,63+,64+/m1/s1. The van der Waals surface area contributed by atoms with E-state index >= 15 is 4.79 Å². The molecule has 38 nitrogen and oxygen atoms in total. The normalized spacial score (nSPS) is 19.6. The predicted octanol–water partition coefficient (Wildman–Crippen LogP) is -3.16. The minimum atomic E-state index is -1.86. The molecular weight excluding hydrogens is 1510 g/mol. The number of rotatable bonds is 34. The molecule has 0 spiro atoms. The van der Waals surface area contributed by atoms with Crippen LogP contribution in [0.3, 0.4) is 0 Å². The maximum atomic E-state index is 15.1. The van der Waals surface area contributed by atoms with Gasteiger partial charge in [-0.15, -0.1) is 0 Å². The fourth-order valence-corrected chi connectivity index (χ4v) is 12.9. The van der Waals surface area contributed by atoms with Crippen molar-refractivity contribution in [2.75, 3.05) is 59.5 Å². The lowest BCUT2D eigenvalue weighted by molar-refractivity contribution is -0.145. The van der Waals surface area contributed by atoms with Gasteiger partial charge in [0.2, 0.25) is 59.1 Å². The molecule has 0 radical (unpaired) electrons. The lowest BCUT2D eigenvalue weighted by Crippen LogP contribution is -2.61. The third-order valence-corrected chi connectivity index (χ3v) is 19.2. The molecule has 0 aliphatic carbocycles. The Hall–Kier alpha value is -11.3. The first-order valence-corrected chi connectivity index (χ1v) is 38.5. The second-order valence-corrected chi connectivity index (χ2v) is 28.7. The van der Waals surface area contributed by atoms with Gasteiger partial charge in [0.15, 0.2) is 0 Å². The van der Waals surface area contributed by atoms with Crippen LogP contribution in [0.2, 0.25) is 0 Å². The molecule has 1 aliphatic rings. The third-order valence-electron chi connectivity index (χ3n) is 18.1. The van der Waals surface area contributed by atoms with Crippen LogP contribution in [0.5, 0.6) is 0 Å². The van der Waals surface area contributed by atoms with Crippen LogP contribution in [0, 0.1) is 5.92 Å². The van der Waals surface area contributed by atoms with Gasteiger partial charge in [-0.2, -0.15) is 9.78 Å². The van der Waals surface area contributed by atoms with Crippen LogP contribution in [0.15, 0.2) is 107 Å². The van der Waals surface area contributed by atoms with Gasteiger partial charge in [-0.3, -0.25) is 67.3 Å². The van der Waals surface area contributed by atoms with Crippen molar-refractivity contribution in [2.45, 2.75) is 174 Å². The fourth-order valence-electron chi connectivity index (χ4n) is 11.9. The number of carbonyl (C=O) groups excluding carboxylic acids is 13. The van der Waals surface area contributed by atoms with E-state index in [4.69, 9.17) is 38.5 Å². The molecule has 5 aromatic rings. The van der Waals surface area contributed by atoms with Crippen molar-refractivity contribution in [3.8, 4) is 0 Å². The quantitative estimate of drug-likeness (QED) is 0.0181. The molecule has 24 N–H and O–H groups in total. The fraction of sp³-hybridized carbons (Fsp3) is 0.474. The minimum Gasteiger partial charge on any atom is -0.480 e. The van der Waals surface area contributed by atoms with E-state index < -0.39 is 195 Å². The van der Waals surface area contributed by atoms with Gasteiger partial charge in [0, 0.05) is 60.8 Å². The van der Waals surface area contributed by atoms with Crippen molar-refractivity contribution >= 4 is 118 Å². The summed E-state index contributed by atoms with van der Waals surface area (Å²) in [6.45, 7) is 3.02. The Morgan fingerprint density at radius 1 is 0.670 bits per heavy atom. The first kappa shape index (κ1) is 92.5. The Bertz CT molecular complexity index is 4210. The van der Waals surface area contributed by atoms with Gasteiger partial charge in [-0.25, -0.2) is 4.79 Å². The van der Waals surface area contributed by atoms with Crippen LogP contribution in [0.25, 0.3) is 23.1 Å². The Labute approximate surface area is 668 Å². The number of benzene rings is 3. The number of hydrogen-bond donors (Lipinski definition) is 19. The van der Waals surface area contributed by atoms with Gasteiger partial charge in [0.25, 0.3) is 5.91 Å². The highest BCUT2D eigenvalue weighted by Crippen LogP contribution is 2.34. The number of carboxylic acid groups (broad SMARTS) is 1. The first-order valence-electron chi connectivity index (χ1n) is 37.6. The average Bonchev–Trinajstić information content (AvgIpc) is 1.63. The van der Waals surface area contributed by atoms with Crippen molar-refractivity contribution in [1.29, 1.82) is 0 Å². The molecule has 12 amide bonds. The molecule has 0 bridgehead atoms. The van der Waals surface area contributed by atoms with E-state index in [9.17, 15) is 77.6 Å². The molecule has 1 fully saturated rings. The molecule has 2 aromatic heterocycles. The molecule has 12 atom stereocenters.